The van der Waals surface area contributed by atoms with Crippen molar-refractivity contribution in [3.63, 3.8) is 0 Å². The number of hydrogen-bond donors (Lipinski definition) is 0. The van der Waals surface area contributed by atoms with Crippen molar-refractivity contribution in [2.24, 2.45) is 0 Å². The van der Waals surface area contributed by atoms with E-state index in [1.165, 1.54) is 180 Å². The van der Waals surface area contributed by atoms with E-state index in [4.69, 9.17) is 22.3 Å². The van der Waals surface area contributed by atoms with E-state index in [1.54, 1.807) is 0 Å². The maximum absolute atomic E-state index is 4.93. The topological polar surface area (TPSA) is 28.2 Å². The van der Waals surface area contributed by atoms with Crippen molar-refractivity contribution in [3.8, 4) is 0 Å². The molecule has 0 aromatic carbocycles. The minimum atomic E-state index is -0.826. The van der Waals surface area contributed by atoms with Crippen LogP contribution in [0.5, 0.6) is 0 Å². The fraction of sp³-hybridized carbons (Fsp3) is 1.00. The molecule has 0 unspecified atom stereocenters. The van der Waals surface area contributed by atoms with Gasteiger partial charge in [0.25, 0.3) is 0 Å². The molecule has 0 saturated carbocycles. The molecular formula is C36H76Cl2N2Zr. The van der Waals surface area contributed by atoms with E-state index in [-0.39, 0.29) is 0 Å². The van der Waals surface area contributed by atoms with Crippen molar-refractivity contribution in [1.82, 2.24) is 0 Å². The van der Waals surface area contributed by atoms with Crippen LogP contribution in [0.2, 0.25) is 0 Å². The van der Waals surface area contributed by atoms with Crippen molar-refractivity contribution in [2.75, 3.05) is 26.2 Å². The van der Waals surface area contributed by atoms with Gasteiger partial charge in [0.15, 0.2) is 0 Å². The fourth-order valence-corrected chi connectivity index (χ4v) is 4.89. The van der Waals surface area contributed by atoms with Gasteiger partial charge in [0.2, 0.25) is 0 Å². The predicted molar refractivity (Wildman–Crippen MR) is 190 cm³/mol. The Morgan fingerprint density at radius 2 is 0.463 bits per heavy atom. The summed E-state index contributed by atoms with van der Waals surface area (Å²) in [6.45, 7) is 13.4. The molecule has 0 radical (unpaired) electrons. The third-order valence-electron chi connectivity index (χ3n) is 7.68. The molecular weight excluding hydrogens is 623 g/mol. The number of rotatable bonds is 32. The molecule has 0 atom stereocenters. The summed E-state index contributed by atoms with van der Waals surface area (Å²) in [4.78, 5) is 0. The summed E-state index contributed by atoms with van der Waals surface area (Å²) in [6.07, 6.45) is 39.5. The van der Waals surface area contributed by atoms with E-state index in [0.29, 0.717) is 0 Å². The van der Waals surface area contributed by atoms with Crippen LogP contribution in [-0.4, -0.2) is 26.2 Å². The van der Waals surface area contributed by atoms with Crippen LogP contribution in [0.15, 0.2) is 0 Å². The minimum absolute atomic E-state index is 0.826. The van der Waals surface area contributed by atoms with Gasteiger partial charge in [0.05, 0.1) is 0 Å². The predicted octanol–water partition coefficient (Wildman–Crippen LogP) is 15.1. The fourth-order valence-electron chi connectivity index (χ4n) is 4.89. The van der Waals surface area contributed by atoms with Crippen molar-refractivity contribution in [1.29, 1.82) is 0 Å². The van der Waals surface area contributed by atoms with Gasteiger partial charge in [0, 0.05) is 0 Å². The zero-order valence-corrected chi connectivity index (χ0v) is 32.7. The first-order valence-electron chi connectivity index (χ1n) is 18.5. The van der Waals surface area contributed by atoms with Crippen LogP contribution in [-0.2, 0) is 20.8 Å². The van der Waals surface area contributed by atoms with Crippen LogP contribution in [0.1, 0.15) is 207 Å². The first-order chi connectivity index (χ1) is 20.2. The van der Waals surface area contributed by atoms with E-state index >= 15 is 0 Å². The molecule has 0 bridgehead atoms. The van der Waals surface area contributed by atoms with Gasteiger partial charge in [-0.05, 0) is 0 Å². The third kappa shape index (κ3) is 57.6. The Balaban J connectivity index is -0.00000100. The van der Waals surface area contributed by atoms with Crippen molar-refractivity contribution >= 4 is 17.0 Å². The zero-order valence-electron chi connectivity index (χ0n) is 28.8. The Morgan fingerprint density at radius 1 is 0.293 bits per heavy atom. The molecule has 0 amide bonds. The summed E-state index contributed by atoms with van der Waals surface area (Å²) in [5.74, 6) is 0. The Bertz CT molecular complexity index is 357. The molecule has 0 N–H and O–H groups in total. The van der Waals surface area contributed by atoms with Crippen molar-refractivity contribution in [2.45, 2.75) is 207 Å². The van der Waals surface area contributed by atoms with Gasteiger partial charge in [-0.2, -0.15) is 0 Å². The Labute approximate surface area is 280 Å². The van der Waals surface area contributed by atoms with Gasteiger partial charge in [-0.25, -0.2) is 0 Å². The quantitative estimate of drug-likeness (QED) is 0.0626. The van der Waals surface area contributed by atoms with Gasteiger partial charge in [0.1, 0.15) is 0 Å². The average molecular weight is 699 g/mol. The SMILES string of the molecule is CCCCCCCCCCCCCC[N-]CCCCCCCCCCCCCC.CCCC[N-]CCCC.[Cl][Zr+2][Cl]. The summed E-state index contributed by atoms with van der Waals surface area (Å²) in [5, 5.41) is 9.09. The normalized spacial score (nSPS) is 10.5. The van der Waals surface area contributed by atoms with Gasteiger partial charge < -0.3 is 10.6 Å². The second kappa shape index (κ2) is 51.0. The molecule has 0 rings (SSSR count). The van der Waals surface area contributed by atoms with E-state index in [1.807, 2.05) is 0 Å². The molecule has 41 heavy (non-hydrogen) atoms. The molecule has 0 aliphatic rings. The monoisotopic (exact) mass is 696 g/mol. The molecule has 0 saturated heterocycles. The molecule has 0 spiro atoms. The van der Waals surface area contributed by atoms with Crippen LogP contribution < -0.4 is 0 Å². The van der Waals surface area contributed by atoms with Gasteiger partial charge in [-0.1, -0.05) is 207 Å². The Hall–Kier alpha value is 1.38. The Morgan fingerprint density at radius 3 is 0.683 bits per heavy atom. The molecule has 0 fully saturated rings. The van der Waals surface area contributed by atoms with Crippen LogP contribution in [0, 0.1) is 0 Å². The van der Waals surface area contributed by atoms with E-state index in [9.17, 15) is 0 Å². The van der Waals surface area contributed by atoms with Crippen molar-refractivity contribution in [3.05, 3.63) is 10.6 Å². The molecule has 0 aliphatic heterocycles. The van der Waals surface area contributed by atoms with Crippen LogP contribution in [0.3, 0.4) is 0 Å². The average Bonchev–Trinajstić information content (AvgIpc) is 2.98. The molecule has 5 heteroatoms. The summed E-state index contributed by atoms with van der Waals surface area (Å²) in [6, 6.07) is 0. The first kappa shape index (κ1) is 46.8. The summed E-state index contributed by atoms with van der Waals surface area (Å²) in [7, 11) is 9.87. The first-order valence-corrected chi connectivity index (χ1v) is 24.8. The molecule has 0 aromatic rings. The summed E-state index contributed by atoms with van der Waals surface area (Å²) >= 11 is -0.826. The van der Waals surface area contributed by atoms with Gasteiger partial charge in [-0.15, -0.1) is 26.2 Å². The number of nitrogens with zero attached hydrogens (tertiary/aromatic N) is 2. The second-order valence-corrected chi connectivity index (χ2v) is 15.6. The number of hydrogen-bond acceptors (Lipinski definition) is 0. The summed E-state index contributed by atoms with van der Waals surface area (Å²) in [5.41, 5.74) is 0. The van der Waals surface area contributed by atoms with E-state index in [0.717, 1.165) is 26.2 Å². The summed E-state index contributed by atoms with van der Waals surface area (Å²) < 4.78 is 0. The van der Waals surface area contributed by atoms with Gasteiger partial charge in [-0.3, -0.25) is 0 Å². The second-order valence-electron chi connectivity index (χ2n) is 11.9. The number of unbranched alkanes of at least 4 members (excludes halogenated alkanes) is 24. The molecule has 248 valence electrons. The van der Waals surface area contributed by atoms with Crippen LogP contribution in [0.4, 0.5) is 0 Å². The maximum atomic E-state index is 4.93. The molecule has 0 aliphatic carbocycles. The zero-order chi connectivity index (χ0) is 30.7. The molecule has 0 aromatic heterocycles. The van der Waals surface area contributed by atoms with Crippen LogP contribution in [0.25, 0.3) is 10.6 Å². The molecule has 0 heterocycles. The van der Waals surface area contributed by atoms with E-state index in [2.05, 4.69) is 33.0 Å². The third-order valence-corrected chi connectivity index (χ3v) is 7.68. The standard InChI is InChI=1S/C28H58N.C8H18N.2ClH.Zr/c1-3-5-7-9-11-13-15-17-19-21-23-25-27-29-28-26-24-22-20-18-16-14-12-10-8-6-4-2;1-3-5-7-9-8-6-4-2;;;/h3-28H2,1-2H3;3-8H2,1-2H3;2*1H;/q2*-1;;;+4/p-2. The molecule has 2 nitrogen and oxygen atoms in total. The van der Waals surface area contributed by atoms with Gasteiger partial charge >= 0.3 is 37.9 Å². The Kier molecular flexibility index (Phi) is 58.2. The van der Waals surface area contributed by atoms with Crippen molar-refractivity contribution < 1.29 is 20.8 Å². The van der Waals surface area contributed by atoms with Crippen LogP contribution >= 0.6 is 17.0 Å². The number of halogens is 2. The van der Waals surface area contributed by atoms with E-state index < -0.39 is 20.8 Å².